The predicted octanol–water partition coefficient (Wildman–Crippen LogP) is 0.463. The summed E-state index contributed by atoms with van der Waals surface area (Å²) in [6, 6.07) is 3.35. The Morgan fingerprint density at radius 2 is 2.22 bits per heavy atom. The molecule has 1 fully saturated rings. The van der Waals surface area contributed by atoms with Gasteiger partial charge >= 0.3 is 0 Å². The van der Waals surface area contributed by atoms with E-state index in [0.717, 1.165) is 5.56 Å². The molecule has 2 aromatic heterocycles. The quantitative estimate of drug-likeness (QED) is 0.856. The average molecular weight is 317 g/mol. The van der Waals surface area contributed by atoms with Crippen LogP contribution in [0.1, 0.15) is 23.0 Å². The molecule has 0 bridgehead atoms. The average Bonchev–Trinajstić information content (AvgIpc) is 3.00. The van der Waals surface area contributed by atoms with Gasteiger partial charge in [0.25, 0.3) is 0 Å². The SMILES string of the molecule is Cc1nonc1CNC(=O)[C@H](c1cccnc1)N1CCOCC1. The minimum absolute atomic E-state index is 0.0951. The third kappa shape index (κ3) is 3.72. The molecular formula is C15H19N5O3. The van der Waals surface area contributed by atoms with E-state index in [1.807, 2.05) is 12.1 Å². The van der Waals surface area contributed by atoms with Gasteiger partial charge in [-0.25, -0.2) is 4.63 Å². The smallest absolute Gasteiger partial charge is 0.242 e. The number of rotatable bonds is 5. The molecule has 0 saturated carbocycles. The van der Waals surface area contributed by atoms with E-state index < -0.39 is 6.04 Å². The molecule has 3 heterocycles. The van der Waals surface area contributed by atoms with Crippen LogP contribution in [-0.2, 0) is 16.1 Å². The van der Waals surface area contributed by atoms with Crippen molar-refractivity contribution in [3.05, 3.63) is 41.5 Å². The number of hydrogen-bond donors (Lipinski definition) is 1. The number of morpholine rings is 1. The van der Waals surface area contributed by atoms with Crippen molar-refractivity contribution < 1.29 is 14.2 Å². The van der Waals surface area contributed by atoms with Gasteiger partial charge in [-0.1, -0.05) is 16.4 Å². The van der Waals surface area contributed by atoms with Gasteiger partial charge in [-0.3, -0.25) is 14.7 Å². The summed E-state index contributed by atoms with van der Waals surface area (Å²) in [6.45, 7) is 4.73. The van der Waals surface area contributed by atoms with Crippen LogP contribution in [0.25, 0.3) is 0 Å². The fraction of sp³-hybridized carbons (Fsp3) is 0.467. The van der Waals surface area contributed by atoms with E-state index in [2.05, 4.69) is 30.1 Å². The summed E-state index contributed by atoms with van der Waals surface area (Å²) in [5.74, 6) is -0.0951. The van der Waals surface area contributed by atoms with Gasteiger partial charge in [-0.2, -0.15) is 0 Å². The van der Waals surface area contributed by atoms with Gasteiger partial charge in [0, 0.05) is 25.5 Å². The number of nitrogens with zero attached hydrogens (tertiary/aromatic N) is 4. The van der Waals surface area contributed by atoms with Gasteiger partial charge in [0.2, 0.25) is 5.91 Å². The molecule has 1 saturated heterocycles. The molecule has 0 aliphatic carbocycles. The van der Waals surface area contributed by atoms with Crippen molar-refractivity contribution in [1.29, 1.82) is 0 Å². The molecule has 23 heavy (non-hydrogen) atoms. The number of carbonyl (C=O) groups is 1. The Kier molecular flexibility index (Phi) is 4.94. The summed E-state index contributed by atoms with van der Waals surface area (Å²) in [7, 11) is 0. The molecule has 2 aromatic rings. The molecule has 0 radical (unpaired) electrons. The topological polar surface area (TPSA) is 93.4 Å². The van der Waals surface area contributed by atoms with Crippen LogP contribution in [0.3, 0.4) is 0 Å². The lowest BCUT2D eigenvalue weighted by Crippen LogP contribution is -2.45. The second-order valence-corrected chi connectivity index (χ2v) is 5.35. The van der Waals surface area contributed by atoms with Crippen molar-refractivity contribution in [3.8, 4) is 0 Å². The Morgan fingerprint density at radius 1 is 1.39 bits per heavy atom. The molecule has 0 spiro atoms. The highest BCUT2D eigenvalue weighted by Gasteiger charge is 2.29. The first kappa shape index (κ1) is 15.6. The van der Waals surface area contributed by atoms with Crippen LogP contribution >= 0.6 is 0 Å². The van der Waals surface area contributed by atoms with Crippen molar-refractivity contribution in [2.24, 2.45) is 0 Å². The van der Waals surface area contributed by atoms with Crippen LogP contribution in [0.15, 0.2) is 29.2 Å². The van der Waals surface area contributed by atoms with E-state index >= 15 is 0 Å². The molecule has 0 unspecified atom stereocenters. The van der Waals surface area contributed by atoms with Crippen LogP contribution in [0.2, 0.25) is 0 Å². The molecule has 3 rings (SSSR count). The van der Waals surface area contributed by atoms with E-state index in [1.165, 1.54) is 0 Å². The Hall–Kier alpha value is -2.32. The highest BCUT2D eigenvalue weighted by Crippen LogP contribution is 2.21. The highest BCUT2D eigenvalue weighted by atomic mass is 16.6. The van der Waals surface area contributed by atoms with E-state index in [1.54, 1.807) is 19.3 Å². The lowest BCUT2D eigenvalue weighted by Gasteiger charge is -2.33. The lowest BCUT2D eigenvalue weighted by molar-refractivity contribution is -0.128. The van der Waals surface area contributed by atoms with Crippen LogP contribution in [0, 0.1) is 6.92 Å². The van der Waals surface area contributed by atoms with E-state index in [9.17, 15) is 4.79 Å². The van der Waals surface area contributed by atoms with Crippen molar-refractivity contribution in [1.82, 2.24) is 25.5 Å². The van der Waals surface area contributed by atoms with Crippen molar-refractivity contribution in [2.45, 2.75) is 19.5 Å². The molecule has 0 aromatic carbocycles. The van der Waals surface area contributed by atoms with Gasteiger partial charge in [0.15, 0.2) is 0 Å². The summed E-state index contributed by atoms with van der Waals surface area (Å²) in [5.41, 5.74) is 2.17. The maximum absolute atomic E-state index is 12.7. The molecule has 1 aliphatic rings. The molecule has 8 heteroatoms. The monoisotopic (exact) mass is 317 g/mol. The number of ether oxygens (including phenoxy) is 1. The van der Waals surface area contributed by atoms with Crippen LogP contribution < -0.4 is 5.32 Å². The number of aryl methyl sites for hydroxylation is 1. The minimum Gasteiger partial charge on any atom is -0.379 e. The van der Waals surface area contributed by atoms with Gasteiger partial charge in [0.05, 0.1) is 19.8 Å². The number of pyridine rings is 1. The normalized spacial score (nSPS) is 16.9. The Balaban J connectivity index is 1.74. The molecule has 1 amide bonds. The maximum Gasteiger partial charge on any atom is 0.242 e. The third-order valence-electron chi connectivity index (χ3n) is 3.84. The van der Waals surface area contributed by atoms with Gasteiger partial charge in [-0.15, -0.1) is 0 Å². The zero-order chi connectivity index (χ0) is 16.1. The second-order valence-electron chi connectivity index (χ2n) is 5.35. The molecule has 1 aliphatic heterocycles. The molecular weight excluding hydrogens is 298 g/mol. The number of aromatic nitrogens is 3. The third-order valence-corrected chi connectivity index (χ3v) is 3.84. The molecule has 1 atom stereocenters. The van der Waals surface area contributed by atoms with Crippen molar-refractivity contribution in [3.63, 3.8) is 0 Å². The van der Waals surface area contributed by atoms with Gasteiger partial charge < -0.3 is 10.1 Å². The molecule has 1 N–H and O–H groups in total. The largest absolute Gasteiger partial charge is 0.379 e. The summed E-state index contributed by atoms with van der Waals surface area (Å²) in [5, 5.41) is 10.4. The number of hydrogen-bond acceptors (Lipinski definition) is 7. The van der Waals surface area contributed by atoms with Crippen molar-refractivity contribution >= 4 is 5.91 Å². The molecule has 122 valence electrons. The predicted molar refractivity (Wildman–Crippen MR) is 80.3 cm³/mol. The fourth-order valence-corrected chi connectivity index (χ4v) is 2.58. The number of amides is 1. The van der Waals surface area contributed by atoms with Crippen LogP contribution in [0.4, 0.5) is 0 Å². The standard InChI is InChI=1S/C15H19N5O3/c1-11-13(19-23-18-11)10-17-15(21)14(12-3-2-4-16-9-12)20-5-7-22-8-6-20/h2-4,9,14H,5-8,10H2,1H3,(H,17,21)/t14-/m0/s1. The van der Waals surface area contributed by atoms with E-state index in [0.29, 0.717) is 37.7 Å². The first-order valence-electron chi connectivity index (χ1n) is 7.53. The van der Waals surface area contributed by atoms with Gasteiger partial charge in [0.1, 0.15) is 17.4 Å². The Labute approximate surface area is 133 Å². The second kappa shape index (κ2) is 7.30. The van der Waals surface area contributed by atoms with E-state index in [-0.39, 0.29) is 12.5 Å². The summed E-state index contributed by atoms with van der Waals surface area (Å²) in [6.07, 6.45) is 3.42. The Morgan fingerprint density at radius 3 is 2.87 bits per heavy atom. The fourth-order valence-electron chi connectivity index (χ4n) is 2.58. The zero-order valence-electron chi connectivity index (χ0n) is 12.9. The van der Waals surface area contributed by atoms with Crippen LogP contribution in [0.5, 0.6) is 0 Å². The highest BCUT2D eigenvalue weighted by molar-refractivity contribution is 5.83. The molecule has 8 nitrogen and oxygen atoms in total. The van der Waals surface area contributed by atoms with Crippen LogP contribution in [-0.4, -0.2) is 52.4 Å². The first-order valence-corrected chi connectivity index (χ1v) is 7.53. The zero-order valence-corrected chi connectivity index (χ0v) is 12.9. The Bertz CT molecular complexity index is 640. The summed E-state index contributed by atoms with van der Waals surface area (Å²) < 4.78 is 10.0. The van der Waals surface area contributed by atoms with Crippen molar-refractivity contribution in [2.75, 3.05) is 26.3 Å². The van der Waals surface area contributed by atoms with Gasteiger partial charge in [-0.05, 0) is 18.6 Å². The minimum atomic E-state index is -0.396. The lowest BCUT2D eigenvalue weighted by atomic mass is 10.1. The summed E-state index contributed by atoms with van der Waals surface area (Å²) >= 11 is 0. The number of carbonyl (C=O) groups excluding carboxylic acids is 1. The summed E-state index contributed by atoms with van der Waals surface area (Å²) in [4.78, 5) is 19.0. The number of nitrogens with one attached hydrogen (secondary N) is 1. The first-order chi connectivity index (χ1) is 11.3. The van der Waals surface area contributed by atoms with E-state index in [4.69, 9.17) is 4.74 Å². The maximum atomic E-state index is 12.7.